The zero-order chi connectivity index (χ0) is 10.1. The lowest BCUT2D eigenvalue weighted by Crippen LogP contribution is -1.82. The molecule has 1 nitrogen and oxygen atoms in total. The molecule has 1 aromatic heterocycles. The number of aldehydes is 1. The van der Waals surface area contributed by atoms with E-state index in [1.807, 2.05) is 18.2 Å². The third-order valence-electron chi connectivity index (χ3n) is 2.25. The van der Waals surface area contributed by atoms with Crippen LogP contribution in [-0.2, 0) is 6.42 Å². The molecule has 0 radical (unpaired) electrons. The molecule has 0 saturated heterocycles. The maximum Gasteiger partial charge on any atom is 0.160 e. The predicted molar refractivity (Wildman–Crippen MR) is 61.6 cm³/mol. The van der Waals surface area contributed by atoms with Crippen LogP contribution < -0.4 is 0 Å². The first-order valence-corrected chi connectivity index (χ1v) is 5.61. The van der Waals surface area contributed by atoms with Gasteiger partial charge in [0.05, 0.1) is 4.88 Å². The van der Waals surface area contributed by atoms with Crippen LogP contribution in [0.1, 0.15) is 22.2 Å². The number of carbonyl (C=O) groups is 1. The molecular formula is C11H9ClOS. The second-order valence-corrected chi connectivity index (χ2v) is 4.58. The molecule has 0 N–H and O–H groups in total. The van der Waals surface area contributed by atoms with Gasteiger partial charge in [-0.05, 0) is 29.5 Å². The fourth-order valence-electron chi connectivity index (χ4n) is 1.60. The summed E-state index contributed by atoms with van der Waals surface area (Å²) < 4.78 is 1.09. The van der Waals surface area contributed by atoms with Gasteiger partial charge in [-0.3, -0.25) is 4.79 Å². The molecule has 14 heavy (non-hydrogen) atoms. The van der Waals surface area contributed by atoms with Crippen molar-refractivity contribution in [3.63, 3.8) is 0 Å². The largest absolute Gasteiger partial charge is 0.297 e. The van der Waals surface area contributed by atoms with Crippen molar-refractivity contribution in [3.05, 3.63) is 33.7 Å². The average molecular weight is 225 g/mol. The minimum atomic E-state index is 0.721. The van der Waals surface area contributed by atoms with Crippen LogP contribution in [0.15, 0.2) is 18.2 Å². The fraction of sp³-hybridized carbons (Fsp3) is 0.182. The van der Waals surface area contributed by atoms with Crippen molar-refractivity contribution in [1.82, 2.24) is 0 Å². The van der Waals surface area contributed by atoms with E-state index in [-0.39, 0.29) is 0 Å². The summed E-state index contributed by atoms with van der Waals surface area (Å²) in [5.74, 6) is 0. The summed E-state index contributed by atoms with van der Waals surface area (Å²) >= 11 is 7.40. The molecule has 0 spiro atoms. The van der Waals surface area contributed by atoms with Crippen molar-refractivity contribution < 1.29 is 4.79 Å². The van der Waals surface area contributed by atoms with E-state index in [1.54, 1.807) is 0 Å². The van der Waals surface area contributed by atoms with Gasteiger partial charge in [-0.1, -0.05) is 24.6 Å². The minimum absolute atomic E-state index is 0.721. The third kappa shape index (κ3) is 1.45. The molecule has 72 valence electrons. The Hall–Kier alpha value is -0.860. The van der Waals surface area contributed by atoms with E-state index in [2.05, 4.69) is 6.92 Å². The number of hydrogen-bond acceptors (Lipinski definition) is 2. The topological polar surface area (TPSA) is 17.1 Å². The number of benzene rings is 1. The second kappa shape index (κ2) is 3.71. The minimum Gasteiger partial charge on any atom is -0.297 e. The highest BCUT2D eigenvalue weighted by Crippen LogP contribution is 2.32. The summed E-state index contributed by atoms with van der Waals surface area (Å²) in [5.41, 5.74) is 1.14. The van der Waals surface area contributed by atoms with Crippen LogP contribution in [0.3, 0.4) is 0 Å². The van der Waals surface area contributed by atoms with Gasteiger partial charge in [0.15, 0.2) is 6.29 Å². The molecular weight excluding hydrogens is 216 g/mol. The molecule has 0 aliphatic heterocycles. The van der Waals surface area contributed by atoms with Crippen LogP contribution >= 0.6 is 22.9 Å². The highest BCUT2D eigenvalue weighted by molar-refractivity contribution is 7.20. The van der Waals surface area contributed by atoms with E-state index in [9.17, 15) is 4.79 Å². The quantitative estimate of drug-likeness (QED) is 0.707. The first-order chi connectivity index (χ1) is 6.76. The van der Waals surface area contributed by atoms with Crippen molar-refractivity contribution in [2.24, 2.45) is 0 Å². The maximum atomic E-state index is 10.8. The van der Waals surface area contributed by atoms with Crippen LogP contribution in [0.5, 0.6) is 0 Å². The molecule has 0 amide bonds. The molecule has 3 heteroatoms. The Morgan fingerprint density at radius 3 is 2.93 bits per heavy atom. The Kier molecular flexibility index (Phi) is 2.57. The average Bonchev–Trinajstić information content (AvgIpc) is 2.54. The molecule has 0 saturated carbocycles. The van der Waals surface area contributed by atoms with Gasteiger partial charge in [0, 0.05) is 9.72 Å². The van der Waals surface area contributed by atoms with Gasteiger partial charge in [0.25, 0.3) is 0 Å². The van der Waals surface area contributed by atoms with Crippen molar-refractivity contribution in [2.75, 3.05) is 0 Å². The molecule has 0 fully saturated rings. The summed E-state index contributed by atoms with van der Waals surface area (Å²) in [5, 5.41) is 1.88. The van der Waals surface area contributed by atoms with E-state index >= 15 is 0 Å². The lowest BCUT2D eigenvalue weighted by Gasteiger charge is -1.94. The zero-order valence-corrected chi connectivity index (χ0v) is 9.28. The van der Waals surface area contributed by atoms with Crippen LogP contribution in [0, 0.1) is 0 Å². The summed E-state index contributed by atoms with van der Waals surface area (Å²) in [6, 6.07) is 5.76. The number of hydrogen-bond donors (Lipinski definition) is 0. The number of rotatable bonds is 2. The van der Waals surface area contributed by atoms with E-state index in [4.69, 9.17) is 11.6 Å². The molecule has 1 aromatic carbocycles. The predicted octanol–water partition coefficient (Wildman–Crippen LogP) is 3.93. The number of carbonyl (C=O) groups excluding carboxylic acids is 1. The monoisotopic (exact) mass is 224 g/mol. The molecule has 0 unspecified atom stereocenters. The van der Waals surface area contributed by atoms with Gasteiger partial charge in [-0.15, -0.1) is 11.3 Å². The van der Waals surface area contributed by atoms with Crippen molar-refractivity contribution >= 4 is 39.3 Å². The maximum absolute atomic E-state index is 10.8. The molecule has 0 atom stereocenters. The SMILES string of the molecule is CCc1c(C=O)sc2cc(Cl)ccc12. The lowest BCUT2D eigenvalue weighted by molar-refractivity contribution is 0.112. The van der Waals surface area contributed by atoms with Crippen LogP contribution in [0.4, 0.5) is 0 Å². The lowest BCUT2D eigenvalue weighted by atomic mass is 10.1. The van der Waals surface area contributed by atoms with Gasteiger partial charge in [0.2, 0.25) is 0 Å². The number of halogens is 1. The summed E-state index contributed by atoms with van der Waals surface area (Å²) in [7, 11) is 0. The first kappa shape index (κ1) is 9.69. The Morgan fingerprint density at radius 1 is 1.50 bits per heavy atom. The Morgan fingerprint density at radius 2 is 2.29 bits per heavy atom. The van der Waals surface area contributed by atoms with Crippen molar-refractivity contribution in [3.8, 4) is 0 Å². The molecule has 0 aliphatic rings. The van der Waals surface area contributed by atoms with Crippen molar-refractivity contribution in [2.45, 2.75) is 13.3 Å². The first-order valence-electron chi connectivity index (χ1n) is 4.42. The second-order valence-electron chi connectivity index (χ2n) is 3.06. The van der Waals surface area contributed by atoms with E-state index < -0.39 is 0 Å². The Bertz CT molecular complexity index is 487. The molecule has 2 rings (SSSR count). The van der Waals surface area contributed by atoms with Crippen LogP contribution in [0.25, 0.3) is 10.1 Å². The van der Waals surface area contributed by atoms with E-state index in [1.165, 1.54) is 11.3 Å². The van der Waals surface area contributed by atoms with Gasteiger partial charge < -0.3 is 0 Å². The van der Waals surface area contributed by atoms with Crippen LogP contribution in [0.2, 0.25) is 5.02 Å². The number of aryl methyl sites for hydroxylation is 1. The smallest absolute Gasteiger partial charge is 0.160 e. The molecule has 0 bridgehead atoms. The highest BCUT2D eigenvalue weighted by Gasteiger charge is 2.09. The molecule has 0 aliphatic carbocycles. The van der Waals surface area contributed by atoms with Gasteiger partial charge in [0.1, 0.15) is 0 Å². The normalized spacial score (nSPS) is 10.7. The van der Waals surface area contributed by atoms with Crippen molar-refractivity contribution in [1.29, 1.82) is 0 Å². The standard InChI is InChI=1S/C11H9ClOS/c1-2-8-9-4-3-7(12)5-10(9)14-11(8)6-13/h3-6H,2H2,1H3. The summed E-state index contributed by atoms with van der Waals surface area (Å²) in [6.45, 7) is 2.06. The Labute approximate surface area is 91.3 Å². The summed E-state index contributed by atoms with van der Waals surface area (Å²) in [6.07, 6.45) is 1.81. The number of thiophene rings is 1. The van der Waals surface area contributed by atoms with E-state index in [0.29, 0.717) is 0 Å². The Balaban J connectivity index is 2.79. The molecule has 1 heterocycles. The van der Waals surface area contributed by atoms with Gasteiger partial charge >= 0.3 is 0 Å². The summed E-state index contributed by atoms with van der Waals surface area (Å²) in [4.78, 5) is 11.6. The molecule has 2 aromatic rings. The van der Waals surface area contributed by atoms with Gasteiger partial charge in [-0.2, -0.15) is 0 Å². The number of fused-ring (bicyclic) bond motifs is 1. The van der Waals surface area contributed by atoms with Crippen LogP contribution in [-0.4, -0.2) is 6.29 Å². The highest BCUT2D eigenvalue weighted by atomic mass is 35.5. The van der Waals surface area contributed by atoms with Gasteiger partial charge in [-0.25, -0.2) is 0 Å². The van der Waals surface area contributed by atoms with E-state index in [0.717, 1.165) is 38.3 Å². The zero-order valence-electron chi connectivity index (χ0n) is 7.71. The third-order valence-corrected chi connectivity index (χ3v) is 3.60. The fourth-order valence-corrected chi connectivity index (χ4v) is 2.99.